The van der Waals surface area contributed by atoms with Crippen molar-refractivity contribution in [1.29, 1.82) is 0 Å². The molecule has 0 aliphatic carbocycles. The van der Waals surface area contributed by atoms with Crippen LogP contribution in [-0.2, 0) is 0 Å². The van der Waals surface area contributed by atoms with Crippen LogP contribution in [0.5, 0.6) is 0 Å². The lowest BCUT2D eigenvalue weighted by atomic mass is 10.1. The molecule has 0 aromatic carbocycles. The SMILES string of the molecule is CCC1CCC(C)N1CC(C)O. The zero-order valence-electron chi connectivity index (χ0n) is 8.45. The van der Waals surface area contributed by atoms with Gasteiger partial charge in [-0.2, -0.15) is 0 Å². The van der Waals surface area contributed by atoms with E-state index < -0.39 is 0 Å². The van der Waals surface area contributed by atoms with Gasteiger partial charge in [0.1, 0.15) is 0 Å². The first kappa shape index (κ1) is 10.0. The molecule has 3 atom stereocenters. The van der Waals surface area contributed by atoms with E-state index in [0.29, 0.717) is 6.04 Å². The smallest absolute Gasteiger partial charge is 0.0639 e. The Kier molecular flexibility index (Phi) is 3.53. The van der Waals surface area contributed by atoms with Gasteiger partial charge in [0.25, 0.3) is 0 Å². The molecule has 1 heterocycles. The van der Waals surface area contributed by atoms with E-state index in [4.69, 9.17) is 0 Å². The molecule has 0 spiro atoms. The summed E-state index contributed by atoms with van der Waals surface area (Å²) in [6.45, 7) is 7.22. The zero-order valence-corrected chi connectivity index (χ0v) is 8.45. The number of aliphatic hydroxyl groups is 1. The highest BCUT2D eigenvalue weighted by atomic mass is 16.3. The van der Waals surface area contributed by atoms with Crippen molar-refractivity contribution in [3.63, 3.8) is 0 Å². The van der Waals surface area contributed by atoms with Gasteiger partial charge in [-0.3, -0.25) is 4.90 Å². The van der Waals surface area contributed by atoms with Crippen molar-refractivity contribution in [3.8, 4) is 0 Å². The minimum absolute atomic E-state index is 0.181. The lowest BCUT2D eigenvalue weighted by molar-refractivity contribution is 0.0974. The molecule has 1 rings (SSSR count). The molecule has 3 unspecified atom stereocenters. The molecule has 0 aromatic heterocycles. The Morgan fingerprint density at radius 2 is 2.17 bits per heavy atom. The number of β-amino-alcohol motifs (C(OH)–C–C–N with tert-alkyl or cyclic N) is 1. The number of hydrogen-bond acceptors (Lipinski definition) is 2. The van der Waals surface area contributed by atoms with E-state index in [9.17, 15) is 5.11 Å². The zero-order chi connectivity index (χ0) is 9.14. The summed E-state index contributed by atoms with van der Waals surface area (Å²) in [5, 5.41) is 9.30. The lowest BCUT2D eigenvalue weighted by Gasteiger charge is -2.28. The van der Waals surface area contributed by atoms with E-state index in [-0.39, 0.29) is 6.10 Å². The Morgan fingerprint density at radius 3 is 2.67 bits per heavy atom. The summed E-state index contributed by atoms with van der Waals surface area (Å²) in [5.74, 6) is 0. The summed E-state index contributed by atoms with van der Waals surface area (Å²) in [7, 11) is 0. The van der Waals surface area contributed by atoms with Gasteiger partial charge < -0.3 is 5.11 Å². The van der Waals surface area contributed by atoms with Gasteiger partial charge in [0.15, 0.2) is 0 Å². The fourth-order valence-electron chi connectivity index (χ4n) is 2.20. The van der Waals surface area contributed by atoms with Gasteiger partial charge >= 0.3 is 0 Å². The molecule has 0 aromatic rings. The summed E-state index contributed by atoms with van der Waals surface area (Å²) in [4.78, 5) is 2.45. The molecule has 12 heavy (non-hydrogen) atoms. The van der Waals surface area contributed by atoms with Crippen LogP contribution >= 0.6 is 0 Å². The normalized spacial score (nSPS) is 34.0. The van der Waals surface area contributed by atoms with Crippen LogP contribution in [0.3, 0.4) is 0 Å². The van der Waals surface area contributed by atoms with Gasteiger partial charge in [0.2, 0.25) is 0 Å². The number of hydrogen-bond donors (Lipinski definition) is 1. The van der Waals surface area contributed by atoms with Gasteiger partial charge in [0, 0.05) is 18.6 Å². The molecular formula is C10H21NO. The summed E-state index contributed by atoms with van der Waals surface area (Å²) in [5.41, 5.74) is 0. The van der Waals surface area contributed by atoms with Gasteiger partial charge in [0.05, 0.1) is 6.10 Å². The second kappa shape index (κ2) is 4.24. The highest BCUT2D eigenvalue weighted by molar-refractivity contribution is 4.84. The molecule has 1 fully saturated rings. The molecule has 2 nitrogen and oxygen atoms in total. The molecule has 1 aliphatic heterocycles. The maximum Gasteiger partial charge on any atom is 0.0639 e. The van der Waals surface area contributed by atoms with Gasteiger partial charge in [-0.1, -0.05) is 6.92 Å². The standard InChI is InChI=1S/C10H21NO/c1-4-10-6-5-8(2)11(10)7-9(3)12/h8-10,12H,4-7H2,1-3H3. The molecule has 1 saturated heterocycles. The highest BCUT2D eigenvalue weighted by Crippen LogP contribution is 2.25. The Balaban J connectivity index is 2.46. The summed E-state index contributed by atoms with van der Waals surface area (Å²) in [6, 6.07) is 1.39. The first-order chi connectivity index (χ1) is 5.65. The second-order valence-electron chi connectivity index (χ2n) is 4.03. The van der Waals surface area contributed by atoms with Gasteiger partial charge in [-0.25, -0.2) is 0 Å². The first-order valence-electron chi connectivity index (χ1n) is 5.09. The van der Waals surface area contributed by atoms with Crippen LogP contribution in [0.2, 0.25) is 0 Å². The van der Waals surface area contributed by atoms with Gasteiger partial charge in [-0.15, -0.1) is 0 Å². The van der Waals surface area contributed by atoms with Crippen LogP contribution in [0.1, 0.15) is 40.0 Å². The van der Waals surface area contributed by atoms with Crippen LogP contribution in [-0.4, -0.2) is 34.7 Å². The minimum atomic E-state index is -0.181. The van der Waals surface area contributed by atoms with Crippen molar-refractivity contribution >= 4 is 0 Å². The van der Waals surface area contributed by atoms with Crippen LogP contribution in [0.25, 0.3) is 0 Å². The maximum absolute atomic E-state index is 9.30. The summed E-state index contributed by atoms with van der Waals surface area (Å²) < 4.78 is 0. The molecule has 0 radical (unpaired) electrons. The lowest BCUT2D eigenvalue weighted by Crippen LogP contribution is -2.39. The molecule has 0 saturated carbocycles. The third-order valence-electron chi connectivity index (χ3n) is 2.90. The molecule has 0 amide bonds. The second-order valence-corrected chi connectivity index (χ2v) is 4.03. The number of likely N-dealkylation sites (tertiary alicyclic amines) is 1. The minimum Gasteiger partial charge on any atom is -0.392 e. The fraction of sp³-hybridized carbons (Fsp3) is 1.00. The van der Waals surface area contributed by atoms with E-state index in [1.807, 2.05) is 6.92 Å². The van der Waals surface area contributed by atoms with Crippen LogP contribution in [0.4, 0.5) is 0 Å². The Hall–Kier alpha value is -0.0800. The monoisotopic (exact) mass is 171 g/mol. The summed E-state index contributed by atoms with van der Waals surface area (Å²) in [6.07, 6.45) is 3.65. The number of rotatable bonds is 3. The Bertz CT molecular complexity index is 136. The van der Waals surface area contributed by atoms with E-state index in [2.05, 4.69) is 18.7 Å². The molecule has 2 heteroatoms. The van der Waals surface area contributed by atoms with Crippen molar-refractivity contribution in [3.05, 3.63) is 0 Å². The van der Waals surface area contributed by atoms with Crippen molar-refractivity contribution < 1.29 is 5.11 Å². The number of nitrogens with zero attached hydrogens (tertiary/aromatic N) is 1. The topological polar surface area (TPSA) is 23.5 Å². The molecule has 1 N–H and O–H groups in total. The van der Waals surface area contributed by atoms with E-state index in [1.165, 1.54) is 19.3 Å². The quantitative estimate of drug-likeness (QED) is 0.697. The molecule has 1 aliphatic rings. The van der Waals surface area contributed by atoms with E-state index >= 15 is 0 Å². The van der Waals surface area contributed by atoms with Crippen molar-refractivity contribution in [1.82, 2.24) is 4.90 Å². The Morgan fingerprint density at radius 1 is 1.50 bits per heavy atom. The molecule has 0 bridgehead atoms. The molecular weight excluding hydrogens is 150 g/mol. The number of aliphatic hydroxyl groups excluding tert-OH is 1. The largest absolute Gasteiger partial charge is 0.392 e. The highest BCUT2D eigenvalue weighted by Gasteiger charge is 2.29. The first-order valence-corrected chi connectivity index (χ1v) is 5.09. The van der Waals surface area contributed by atoms with Crippen molar-refractivity contribution in [2.45, 2.75) is 58.2 Å². The molecule has 72 valence electrons. The predicted molar refractivity (Wildman–Crippen MR) is 51.2 cm³/mol. The van der Waals surface area contributed by atoms with Crippen LogP contribution < -0.4 is 0 Å². The fourth-order valence-corrected chi connectivity index (χ4v) is 2.20. The van der Waals surface area contributed by atoms with Crippen LogP contribution in [0, 0.1) is 0 Å². The third kappa shape index (κ3) is 2.20. The maximum atomic E-state index is 9.30. The van der Waals surface area contributed by atoms with Crippen molar-refractivity contribution in [2.24, 2.45) is 0 Å². The predicted octanol–water partition coefficient (Wildman–Crippen LogP) is 1.63. The Labute approximate surface area is 75.6 Å². The van der Waals surface area contributed by atoms with Gasteiger partial charge in [-0.05, 0) is 33.1 Å². The van der Waals surface area contributed by atoms with Crippen LogP contribution in [0.15, 0.2) is 0 Å². The van der Waals surface area contributed by atoms with Crippen molar-refractivity contribution in [2.75, 3.05) is 6.54 Å². The summed E-state index contributed by atoms with van der Waals surface area (Å²) >= 11 is 0. The third-order valence-corrected chi connectivity index (χ3v) is 2.90. The van der Waals surface area contributed by atoms with E-state index in [0.717, 1.165) is 12.6 Å². The average molecular weight is 171 g/mol. The van der Waals surface area contributed by atoms with E-state index in [1.54, 1.807) is 0 Å². The average Bonchev–Trinajstić information content (AvgIpc) is 2.32.